The van der Waals surface area contributed by atoms with Gasteiger partial charge in [0, 0.05) is 19.8 Å². The van der Waals surface area contributed by atoms with Gasteiger partial charge in [0.05, 0.1) is 5.41 Å². The van der Waals surface area contributed by atoms with Crippen LogP contribution in [0.1, 0.15) is 46.5 Å². The second kappa shape index (κ2) is 6.43. The fraction of sp³-hybridized carbons (Fsp3) is 0.857. The summed E-state index contributed by atoms with van der Waals surface area (Å²) >= 11 is 0. The average molecular weight is 287 g/mol. The monoisotopic (exact) mass is 287 g/mol. The van der Waals surface area contributed by atoms with E-state index in [0.717, 1.165) is 0 Å². The molecule has 0 saturated heterocycles. The molecule has 0 aromatic rings. The quantitative estimate of drug-likeness (QED) is 0.809. The van der Waals surface area contributed by atoms with Crippen LogP contribution in [-0.4, -0.2) is 42.5 Å². The van der Waals surface area contributed by atoms with Gasteiger partial charge in [-0.25, -0.2) is 4.79 Å². The number of carbonyl (C=O) groups is 2. The van der Waals surface area contributed by atoms with Gasteiger partial charge in [0.1, 0.15) is 5.60 Å². The van der Waals surface area contributed by atoms with Gasteiger partial charge in [-0.3, -0.25) is 4.79 Å². The van der Waals surface area contributed by atoms with Crippen LogP contribution in [0.4, 0.5) is 4.79 Å². The van der Waals surface area contributed by atoms with Gasteiger partial charge in [0.2, 0.25) is 0 Å². The first-order chi connectivity index (χ1) is 9.18. The largest absolute Gasteiger partial charge is 0.481 e. The van der Waals surface area contributed by atoms with E-state index >= 15 is 0 Å². The highest BCUT2D eigenvalue weighted by atomic mass is 16.6. The SMILES string of the molecule is COCCC1(C(=O)O)CCC(NC(=O)OC(C)(C)C)C1. The van der Waals surface area contributed by atoms with E-state index in [1.165, 1.54) is 0 Å². The lowest BCUT2D eigenvalue weighted by atomic mass is 9.83. The summed E-state index contributed by atoms with van der Waals surface area (Å²) in [6, 6.07) is -0.155. The predicted octanol–water partition coefficient (Wildman–Crippen LogP) is 2.17. The van der Waals surface area contributed by atoms with Crippen molar-refractivity contribution in [3.8, 4) is 0 Å². The highest BCUT2D eigenvalue weighted by Crippen LogP contribution is 2.41. The molecule has 20 heavy (non-hydrogen) atoms. The van der Waals surface area contributed by atoms with Gasteiger partial charge < -0.3 is 19.9 Å². The standard InChI is InChI=1S/C14H25NO5/c1-13(2,3)20-12(18)15-10-5-6-14(9-10,11(16)17)7-8-19-4/h10H,5-9H2,1-4H3,(H,15,18)(H,16,17). The molecule has 1 amide bonds. The van der Waals surface area contributed by atoms with E-state index in [9.17, 15) is 14.7 Å². The van der Waals surface area contributed by atoms with Gasteiger partial charge in [-0.05, 0) is 46.5 Å². The fourth-order valence-corrected chi connectivity index (χ4v) is 2.55. The maximum Gasteiger partial charge on any atom is 0.407 e. The zero-order valence-corrected chi connectivity index (χ0v) is 12.7. The van der Waals surface area contributed by atoms with Gasteiger partial charge in [0.15, 0.2) is 0 Å². The minimum Gasteiger partial charge on any atom is -0.481 e. The smallest absolute Gasteiger partial charge is 0.407 e. The molecule has 1 aliphatic rings. The Balaban J connectivity index is 2.56. The van der Waals surface area contributed by atoms with Crippen molar-refractivity contribution in [1.29, 1.82) is 0 Å². The van der Waals surface area contributed by atoms with Crippen molar-refractivity contribution in [3.63, 3.8) is 0 Å². The lowest BCUT2D eigenvalue weighted by molar-refractivity contribution is -0.149. The van der Waals surface area contributed by atoms with E-state index in [4.69, 9.17) is 9.47 Å². The molecule has 0 aromatic heterocycles. The molecule has 0 bridgehead atoms. The van der Waals surface area contributed by atoms with Crippen LogP contribution in [0.25, 0.3) is 0 Å². The molecule has 0 aromatic carbocycles. The Morgan fingerprint density at radius 2 is 2.05 bits per heavy atom. The highest BCUT2D eigenvalue weighted by Gasteiger charge is 2.45. The second-order valence-corrected chi connectivity index (χ2v) is 6.41. The van der Waals surface area contributed by atoms with Gasteiger partial charge in [-0.15, -0.1) is 0 Å². The zero-order chi connectivity index (χ0) is 15.4. The van der Waals surface area contributed by atoms with E-state index in [1.807, 2.05) is 0 Å². The molecule has 0 radical (unpaired) electrons. The van der Waals surface area contributed by atoms with E-state index in [0.29, 0.717) is 32.3 Å². The topological polar surface area (TPSA) is 84.9 Å². The van der Waals surface area contributed by atoms with Crippen LogP contribution in [0.5, 0.6) is 0 Å². The summed E-state index contributed by atoms with van der Waals surface area (Å²) in [6.07, 6.45) is 1.59. The van der Waals surface area contributed by atoms with Crippen molar-refractivity contribution in [1.82, 2.24) is 5.32 Å². The molecule has 6 nitrogen and oxygen atoms in total. The van der Waals surface area contributed by atoms with E-state index in [2.05, 4.69) is 5.32 Å². The second-order valence-electron chi connectivity index (χ2n) is 6.41. The molecule has 1 fully saturated rings. The maximum absolute atomic E-state index is 11.7. The number of nitrogens with one attached hydrogen (secondary N) is 1. The number of hydrogen-bond donors (Lipinski definition) is 2. The lowest BCUT2D eigenvalue weighted by Gasteiger charge is -2.25. The first-order valence-corrected chi connectivity index (χ1v) is 6.90. The third-order valence-corrected chi connectivity index (χ3v) is 3.57. The van der Waals surface area contributed by atoms with Crippen molar-refractivity contribution in [2.75, 3.05) is 13.7 Å². The Bertz CT molecular complexity index is 363. The molecule has 1 aliphatic carbocycles. The van der Waals surface area contributed by atoms with Crippen molar-refractivity contribution in [3.05, 3.63) is 0 Å². The van der Waals surface area contributed by atoms with Crippen molar-refractivity contribution >= 4 is 12.1 Å². The summed E-state index contributed by atoms with van der Waals surface area (Å²) in [5.74, 6) is -0.817. The average Bonchev–Trinajstić information content (AvgIpc) is 2.68. The van der Waals surface area contributed by atoms with Crippen LogP contribution in [0.15, 0.2) is 0 Å². The third kappa shape index (κ3) is 4.67. The highest BCUT2D eigenvalue weighted by molar-refractivity contribution is 5.75. The summed E-state index contributed by atoms with van der Waals surface area (Å²) in [4.78, 5) is 23.2. The molecule has 0 spiro atoms. The lowest BCUT2D eigenvalue weighted by Crippen LogP contribution is -2.39. The molecule has 1 rings (SSSR count). The van der Waals surface area contributed by atoms with Crippen LogP contribution < -0.4 is 5.32 Å². The van der Waals surface area contributed by atoms with Gasteiger partial charge >= 0.3 is 12.1 Å². The number of ether oxygens (including phenoxy) is 2. The van der Waals surface area contributed by atoms with Gasteiger partial charge in [-0.1, -0.05) is 0 Å². The van der Waals surface area contributed by atoms with Crippen molar-refractivity contribution in [2.24, 2.45) is 5.41 Å². The molecule has 0 heterocycles. The summed E-state index contributed by atoms with van der Waals surface area (Å²) in [5.41, 5.74) is -1.35. The van der Waals surface area contributed by atoms with Crippen LogP contribution >= 0.6 is 0 Å². The number of hydrogen-bond acceptors (Lipinski definition) is 4. The number of methoxy groups -OCH3 is 1. The Morgan fingerprint density at radius 1 is 1.40 bits per heavy atom. The third-order valence-electron chi connectivity index (χ3n) is 3.57. The molecule has 116 valence electrons. The Kier molecular flexibility index (Phi) is 5.39. The van der Waals surface area contributed by atoms with Crippen LogP contribution in [0, 0.1) is 5.41 Å². The van der Waals surface area contributed by atoms with E-state index in [-0.39, 0.29) is 6.04 Å². The van der Waals surface area contributed by atoms with Gasteiger partial charge in [0.25, 0.3) is 0 Å². The summed E-state index contributed by atoms with van der Waals surface area (Å²) in [6.45, 7) is 5.79. The Labute approximate surface area is 119 Å². The first kappa shape index (κ1) is 16.8. The van der Waals surface area contributed by atoms with Crippen molar-refractivity contribution in [2.45, 2.75) is 58.1 Å². The number of alkyl carbamates (subject to hydrolysis) is 1. The Morgan fingerprint density at radius 3 is 2.55 bits per heavy atom. The predicted molar refractivity (Wildman–Crippen MR) is 73.6 cm³/mol. The molecule has 6 heteroatoms. The molecule has 0 aliphatic heterocycles. The van der Waals surface area contributed by atoms with Crippen LogP contribution in [0.2, 0.25) is 0 Å². The zero-order valence-electron chi connectivity index (χ0n) is 12.7. The first-order valence-electron chi connectivity index (χ1n) is 6.90. The maximum atomic E-state index is 11.7. The molecule has 2 N–H and O–H groups in total. The van der Waals surface area contributed by atoms with E-state index < -0.39 is 23.1 Å². The number of aliphatic carboxylic acids is 1. The molecular weight excluding hydrogens is 262 g/mol. The molecule has 2 atom stereocenters. The Hall–Kier alpha value is -1.30. The number of amides is 1. The summed E-state index contributed by atoms with van der Waals surface area (Å²) < 4.78 is 10.2. The van der Waals surface area contributed by atoms with Gasteiger partial charge in [-0.2, -0.15) is 0 Å². The van der Waals surface area contributed by atoms with Crippen LogP contribution in [0.3, 0.4) is 0 Å². The molecule has 2 unspecified atom stereocenters. The molecule has 1 saturated carbocycles. The number of carboxylic acids is 1. The minimum absolute atomic E-state index is 0.155. The van der Waals surface area contributed by atoms with Crippen molar-refractivity contribution < 1.29 is 24.2 Å². The normalized spacial score (nSPS) is 26.3. The summed E-state index contributed by atoms with van der Waals surface area (Å²) in [5, 5.41) is 12.2. The number of rotatable bonds is 5. The van der Waals surface area contributed by atoms with E-state index in [1.54, 1.807) is 27.9 Å². The number of carbonyl (C=O) groups excluding carboxylic acids is 1. The van der Waals surface area contributed by atoms with Crippen LogP contribution in [-0.2, 0) is 14.3 Å². The minimum atomic E-state index is -0.817. The summed E-state index contributed by atoms with van der Waals surface area (Å²) in [7, 11) is 1.56. The fourth-order valence-electron chi connectivity index (χ4n) is 2.55. The number of carboxylic acid groups (broad SMARTS) is 1. The molecular formula is C14H25NO5.